The van der Waals surface area contributed by atoms with Crippen molar-refractivity contribution in [2.75, 3.05) is 7.11 Å². The SMILES string of the molecule is CCCCCCc1ccc(O)c(OC)c1. The van der Waals surface area contributed by atoms with Crippen molar-refractivity contribution in [1.29, 1.82) is 0 Å². The van der Waals surface area contributed by atoms with E-state index in [1.165, 1.54) is 31.2 Å². The lowest BCUT2D eigenvalue weighted by Gasteiger charge is -2.06. The van der Waals surface area contributed by atoms with E-state index in [-0.39, 0.29) is 5.75 Å². The van der Waals surface area contributed by atoms with Crippen LogP contribution in [0, 0.1) is 0 Å². The fourth-order valence-corrected chi connectivity index (χ4v) is 1.63. The molecule has 0 bridgehead atoms. The number of phenolic OH excluding ortho intramolecular Hbond substituents is 1. The number of hydrogen-bond acceptors (Lipinski definition) is 2. The van der Waals surface area contributed by atoms with E-state index in [1.807, 2.05) is 12.1 Å². The maximum absolute atomic E-state index is 9.42. The molecule has 0 aliphatic heterocycles. The second-order valence-electron chi connectivity index (χ2n) is 3.82. The summed E-state index contributed by atoms with van der Waals surface area (Å²) in [6, 6.07) is 5.58. The van der Waals surface area contributed by atoms with Gasteiger partial charge in [-0.3, -0.25) is 0 Å². The highest BCUT2D eigenvalue weighted by molar-refractivity contribution is 5.41. The number of rotatable bonds is 6. The Balaban J connectivity index is 2.47. The molecule has 0 saturated heterocycles. The van der Waals surface area contributed by atoms with E-state index in [0.29, 0.717) is 5.75 Å². The van der Waals surface area contributed by atoms with Gasteiger partial charge in [-0.1, -0.05) is 32.3 Å². The zero-order chi connectivity index (χ0) is 11.1. The topological polar surface area (TPSA) is 29.5 Å². The Kier molecular flexibility index (Phi) is 5.02. The third-order valence-electron chi connectivity index (χ3n) is 2.56. The lowest BCUT2D eigenvalue weighted by molar-refractivity contribution is 0.373. The molecule has 0 unspecified atom stereocenters. The highest BCUT2D eigenvalue weighted by atomic mass is 16.5. The van der Waals surface area contributed by atoms with E-state index in [9.17, 15) is 5.11 Å². The lowest BCUT2D eigenvalue weighted by atomic mass is 10.1. The number of aryl methyl sites for hydroxylation is 1. The van der Waals surface area contributed by atoms with Crippen molar-refractivity contribution in [2.24, 2.45) is 0 Å². The number of benzene rings is 1. The summed E-state index contributed by atoms with van der Waals surface area (Å²) in [6.45, 7) is 2.21. The normalized spacial score (nSPS) is 10.3. The van der Waals surface area contributed by atoms with Crippen LogP contribution in [-0.2, 0) is 6.42 Å². The molecule has 15 heavy (non-hydrogen) atoms. The average molecular weight is 208 g/mol. The summed E-state index contributed by atoms with van der Waals surface area (Å²) < 4.78 is 5.06. The van der Waals surface area contributed by atoms with Crippen molar-refractivity contribution >= 4 is 0 Å². The van der Waals surface area contributed by atoms with Crippen LogP contribution in [0.1, 0.15) is 38.2 Å². The number of ether oxygens (including phenoxy) is 1. The third kappa shape index (κ3) is 3.82. The van der Waals surface area contributed by atoms with Crippen molar-refractivity contribution in [3.63, 3.8) is 0 Å². The molecule has 0 amide bonds. The quantitative estimate of drug-likeness (QED) is 0.725. The van der Waals surface area contributed by atoms with E-state index in [0.717, 1.165) is 6.42 Å². The number of methoxy groups -OCH3 is 1. The molecular formula is C13H20O2. The summed E-state index contributed by atoms with van der Waals surface area (Å²) in [7, 11) is 1.58. The Morgan fingerprint density at radius 2 is 2.00 bits per heavy atom. The van der Waals surface area contributed by atoms with Gasteiger partial charge in [0.05, 0.1) is 7.11 Å². The Morgan fingerprint density at radius 1 is 1.20 bits per heavy atom. The minimum absolute atomic E-state index is 0.217. The van der Waals surface area contributed by atoms with Gasteiger partial charge in [0.2, 0.25) is 0 Å². The standard InChI is InChI=1S/C13H20O2/c1-3-4-5-6-7-11-8-9-12(14)13(10-11)15-2/h8-10,14H,3-7H2,1-2H3. The van der Waals surface area contributed by atoms with Crippen LogP contribution in [0.5, 0.6) is 11.5 Å². The second kappa shape index (κ2) is 6.33. The lowest BCUT2D eigenvalue weighted by Crippen LogP contribution is -1.89. The van der Waals surface area contributed by atoms with Crippen LogP contribution in [-0.4, -0.2) is 12.2 Å². The average Bonchev–Trinajstić information content (AvgIpc) is 2.26. The van der Waals surface area contributed by atoms with Crippen LogP contribution in [0.2, 0.25) is 0 Å². The van der Waals surface area contributed by atoms with E-state index in [1.54, 1.807) is 13.2 Å². The van der Waals surface area contributed by atoms with E-state index < -0.39 is 0 Å². The van der Waals surface area contributed by atoms with Gasteiger partial charge in [-0.15, -0.1) is 0 Å². The Bertz CT molecular complexity index is 295. The molecule has 1 N–H and O–H groups in total. The van der Waals surface area contributed by atoms with Crippen LogP contribution in [0.3, 0.4) is 0 Å². The van der Waals surface area contributed by atoms with Crippen molar-refractivity contribution in [3.8, 4) is 11.5 Å². The van der Waals surface area contributed by atoms with Crippen molar-refractivity contribution in [3.05, 3.63) is 23.8 Å². The molecule has 0 atom stereocenters. The largest absolute Gasteiger partial charge is 0.504 e. The minimum Gasteiger partial charge on any atom is -0.504 e. The van der Waals surface area contributed by atoms with Gasteiger partial charge in [0.1, 0.15) is 0 Å². The van der Waals surface area contributed by atoms with Crippen molar-refractivity contribution < 1.29 is 9.84 Å². The Labute approximate surface area is 91.9 Å². The smallest absolute Gasteiger partial charge is 0.160 e. The number of hydrogen-bond donors (Lipinski definition) is 1. The monoisotopic (exact) mass is 208 g/mol. The molecule has 1 rings (SSSR count). The first-order valence-electron chi connectivity index (χ1n) is 5.63. The molecule has 0 fully saturated rings. The van der Waals surface area contributed by atoms with Gasteiger partial charge < -0.3 is 9.84 Å². The van der Waals surface area contributed by atoms with Crippen LogP contribution < -0.4 is 4.74 Å². The molecule has 0 heterocycles. The fraction of sp³-hybridized carbons (Fsp3) is 0.538. The highest BCUT2D eigenvalue weighted by Gasteiger charge is 2.02. The second-order valence-corrected chi connectivity index (χ2v) is 3.82. The molecule has 0 aliphatic rings. The first-order valence-corrected chi connectivity index (χ1v) is 5.63. The van der Waals surface area contributed by atoms with Crippen molar-refractivity contribution in [1.82, 2.24) is 0 Å². The van der Waals surface area contributed by atoms with Gasteiger partial charge in [-0.2, -0.15) is 0 Å². The van der Waals surface area contributed by atoms with Gasteiger partial charge in [0, 0.05) is 0 Å². The van der Waals surface area contributed by atoms with Crippen LogP contribution in [0.15, 0.2) is 18.2 Å². The van der Waals surface area contributed by atoms with E-state index in [2.05, 4.69) is 6.92 Å². The first-order chi connectivity index (χ1) is 7.27. The summed E-state index contributed by atoms with van der Waals surface area (Å²) >= 11 is 0. The van der Waals surface area contributed by atoms with Gasteiger partial charge in [0.25, 0.3) is 0 Å². The third-order valence-corrected chi connectivity index (χ3v) is 2.56. The van der Waals surface area contributed by atoms with Crippen molar-refractivity contribution in [2.45, 2.75) is 39.0 Å². The molecule has 1 aromatic rings. The predicted molar refractivity (Wildman–Crippen MR) is 62.5 cm³/mol. The number of aromatic hydroxyl groups is 1. The zero-order valence-corrected chi connectivity index (χ0v) is 9.62. The molecule has 1 aromatic carbocycles. The molecule has 0 spiro atoms. The summed E-state index contributed by atoms with van der Waals surface area (Å²) in [5.74, 6) is 0.790. The predicted octanol–water partition coefficient (Wildman–Crippen LogP) is 3.52. The summed E-state index contributed by atoms with van der Waals surface area (Å²) in [4.78, 5) is 0. The summed E-state index contributed by atoms with van der Waals surface area (Å²) in [5, 5.41) is 9.42. The molecular weight excluding hydrogens is 188 g/mol. The molecule has 0 saturated carbocycles. The van der Waals surface area contributed by atoms with Crippen LogP contribution >= 0.6 is 0 Å². The maximum Gasteiger partial charge on any atom is 0.160 e. The summed E-state index contributed by atoms with van der Waals surface area (Å²) in [5.41, 5.74) is 1.24. The Hall–Kier alpha value is -1.18. The van der Waals surface area contributed by atoms with Gasteiger partial charge in [-0.25, -0.2) is 0 Å². The Morgan fingerprint density at radius 3 is 2.67 bits per heavy atom. The minimum atomic E-state index is 0.217. The van der Waals surface area contributed by atoms with E-state index >= 15 is 0 Å². The first kappa shape index (κ1) is 11.9. The van der Waals surface area contributed by atoms with Crippen LogP contribution in [0.4, 0.5) is 0 Å². The van der Waals surface area contributed by atoms with E-state index in [4.69, 9.17) is 4.74 Å². The molecule has 0 aromatic heterocycles. The highest BCUT2D eigenvalue weighted by Crippen LogP contribution is 2.26. The number of unbranched alkanes of at least 4 members (excludes halogenated alkanes) is 3. The fourth-order valence-electron chi connectivity index (χ4n) is 1.63. The van der Waals surface area contributed by atoms with Gasteiger partial charge >= 0.3 is 0 Å². The molecule has 2 nitrogen and oxygen atoms in total. The van der Waals surface area contributed by atoms with Gasteiger partial charge in [0.15, 0.2) is 11.5 Å². The molecule has 84 valence electrons. The zero-order valence-electron chi connectivity index (χ0n) is 9.62. The maximum atomic E-state index is 9.42. The van der Waals surface area contributed by atoms with Gasteiger partial charge in [-0.05, 0) is 30.5 Å². The molecule has 2 heteroatoms. The van der Waals surface area contributed by atoms with Crippen LogP contribution in [0.25, 0.3) is 0 Å². The summed E-state index contributed by atoms with van der Waals surface area (Å²) in [6.07, 6.45) is 6.12. The number of phenols is 1. The molecule has 0 radical (unpaired) electrons. The molecule has 0 aliphatic carbocycles.